The van der Waals surface area contributed by atoms with E-state index < -0.39 is 5.97 Å². The molecule has 0 radical (unpaired) electrons. The first-order valence-electron chi connectivity index (χ1n) is 11.2. The molecular weight excluding hydrogens is 326 g/mol. The Morgan fingerprint density at radius 1 is 0.615 bits per heavy atom. The summed E-state index contributed by atoms with van der Waals surface area (Å²) in [6, 6.07) is 0. The molecule has 0 fully saturated rings. The van der Waals surface area contributed by atoms with E-state index in [2.05, 4.69) is 20.8 Å². The van der Waals surface area contributed by atoms with E-state index in [9.17, 15) is 9.90 Å². The van der Waals surface area contributed by atoms with Crippen LogP contribution in [-0.4, -0.2) is 47.2 Å². The molecule has 0 unspecified atom stereocenters. The molecule has 0 aromatic carbocycles. The van der Waals surface area contributed by atoms with E-state index in [4.69, 9.17) is 0 Å². The highest BCUT2D eigenvalue weighted by atomic mass is 16.4. The molecular formula is C22H47NO3. The standard InChI is InChI=1S/C22H45NO2.H2O/c1-4-7-10-11-12-13-14-15-16-17-20-23(18-8-5-2,19-9-6-3)21-22(24)25;/h4-21H2,1-3H3;1H2. The average molecular weight is 374 g/mol. The van der Waals surface area contributed by atoms with Crippen molar-refractivity contribution in [3.63, 3.8) is 0 Å². The largest absolute Gasteiger partial charge is 0.870 e. The van der Waals surface area contributed by atoms with Crippen LogP contribution >= 0.6 is 0 Å². The van der Waals surface area contributed by atoms with Gasteiger partial charge in [0.2, 0.25) is 0 Å². The molecule has 0 spiro atoms. The van der Waals surface area contributed by atoms with Crippen molar-refractivity contribution in [3.05, 3.63) is 0 Å². The van der Waals surface area contributed by atoms with Gasteiger partial charge in [-0.25, -0.2) is 4.79 Å². The number of carboxylic acid groups (broad SMARTS) is 1. The van der Waals surface area contributed by atoms with Crippen LogP contribution in [0.15, 0.2) is 0 Å². The molecule has 0 aliphatic rings. The first kappa shape index (κ1) is 27.6. The predicted molar refractivity (Wildman–Crippen MR) is 111 cm³/mol. The molecule has 158 valence electrons. The Balaban J connectivity index is 0. The van der Waals surface area contributed by atoms with Crippen LogP contribution in [0, 0.1) is 0 Å². The minimum atomic E-state index is -0.626. The number of rotatable bonds is 19. The Morgan fingerprint density at radius 2 is 0.962 bits per heavy atom. The molecule has 0 aromatic heterocycles. The maximum absolute atomic E-state index is 11.4. The molecule has 0 aromatic rings. The third kappa shape index (κ3) is 15.6. The monoisotopic (exact) mass is 373 g/mol. The van der Waals surface area contributed by atoms with E-state index in [-0.39, 0.29) is 5.48 Å². The van der Waals surface area contributed by atoms with Gasteiger partial charge in [0.25, 0.3) is 0 Å². The van der Waals surface area contributed by atoms with E-state index in [1.54, 1.807) is 0 Å². The molecule has 0 aliphatic carbocycles. The summed E-state index contributed by atoms with van der Waals surface area (Å²) in [7, 11) is 0. The molecule has 0 saturated carbocycles. The van der Waals surface area contributed by atoms with Gasteiger partial charge in [-0.1, -0.05) is 85.0 Å². The van der Waals surface area contributed by atoms with Gasteiger partial charge in [-0.15, -0.1) is 0 Å². The van der Waals surface area contributed by atoms with Crippen molar-refractivity contribution < 1.29 is 19.9 Å². The molecule has 0 amide bonds. The second kappa shape index (κ2) is 19.2. The second-order valence-electron chi connectivity index (χ2n) is 7.95. The average Bonchev–Trinajstić information content (AvgIpc) is 2.59. The zero-order valence-corrected chi connectivity index (χ0v) is 18.0. The Bertz CT molecular complexity index is 300. The highest BCUT2D eigenvalue weighted by molar-refractivity contribution is 5.67. The van der Waals surface area contributed by atoms with Gasteiger partial charge in [-0.2, -0.15) is 0 Å². The highest BCUT2D eigenvalue weighted by Gasteiger charge is 2.28. The van der Waals surface area contributed by atoms with Crippen molar-refractivity contribution in [1.82, 2.24) is 0 Å². The predicted octanol–water partition coefficient (Wildman–Crippen LogP) is 6.23. The van der Waals surface area contributed by atoms with Gasteiger partial charge < -0.3 is 15.1 Å². The molecule has 0 saturated heterocycles. The summed E-state index contributed by atoms with van der Waals surface area (Å²) in [6.45, 7) is 10.1. The number of hydrogen-bond donors (Lipinski definition) is 1. The lowest BCUT2D eigenvalue weighted by atomic mass is 10.1. The Morgan fingerprint density at radius 3 is 1.35 bits per heavy atom. The number of quaternary nitrogens is 1. The van der Waals surface area contributed by atoms with Crippen molar-refractivity contribution in [2.24, 2.45) is 0 Å². The lowest BCUT2D eigenvalue weighted by Gasteiger charge is -2.37. The molecule has 0 atom stereocenters. The van der Waals surface area contributed by atoms with Gasteiger partial charge >= 0.3 is 5.97 Å². The van der Waals surface area contributed by atoms with Crippen molar-refractivity contribution in [3.8, 4) is 0 Å². The fourth-order valence-electron chi connectivity index (χ4n) is 3.78. The smallest absolute Gasteiger partial charge is 0.359 e. The zero-order valence-electron chi connectivity index (χ0n) is 18.0. The normalized spacial score (nSPS) is 11.3. The van der Waals surface area contributed by atoms with Crippen LogP contribution in [0.3, 0.4) is 0 Å². The second-order valence-corrected chi connectivity index (χ2v) is 7.95. The lowest BCUT2D eigenvalue weighted by Crippen LogP contribution is -2.53. The summed E-state index contributed by atoms with van der Waals surface area (Å²) >= 11 is 0. The van der Waals surface area contributed by atoms with Gasteiger partial charge in [0.05, 0.1) is 19.6 Å². The van der Waals surface area contributed by atoms with Gasteiger partial charge in [-0.05, 0) is 25.7 Å². The quantitative estimate of drug-likeness (QED) is 0.215. The van der Waals surface area contributed by atoms with E-state index in [1.807, 2.05) is 0 Å². The highest BCUT2D eigenvalue weighted by Crippen LogP contribution is 2.16. The third-order valence-corrected chi connectivity index (χ3v) is 5.43. The summed E-state index contributed by atoms with van der Waals surface area (Å²) in [6.07, 6.45) is 18.0. The number of nitrogens with zero attached hydrogens (tertiary/aromatic N) is 1. The summed E-state index contributed by atoms with van der Waals surface area (Å²) < 4.78 is 0.814. The van der Waals surface area contributed by atoms with Gasteiger partial charge in [0, 0.05) is 0 Å². The summed E-state index contributed by atoms with van der Waals surface area (Å²) in [4.78, 5) is 11.4. The van der Waals surface area contributed by atoms with Crippen molar-refractivity contribution in [1.29, 1.82) is 0 Å². The van der Waals surface area contributed by atoms with Gasteiger partial charge in [0.1, 0.15) is 0 Å². The Hall–Kier alpha value is -0.610. The number of aliphatic carboxylic acids is 1. The van der Waals surface area contributed by atoms with Gasteiger partial charge in [-0.3, -0.25) is 0 Å². The molecule has 0 rings (SSSR count). The number of unbranched alkanes of at least 4 members (excludes halogenated alkanes) is 11. The Labute approximate surface area is 163 Å². The van der Waals surface area contributed by atoms with Crippen LogP contribution in [0.1, 0.15) is 111 Å². The van der Waals surface area contributed by atoms with Crippen molar-refractivity contribution >= 4 is 5.97 Å². The molecule has 0 bridgehead atoms. The maximum Gasteiger partial charge on any atom is 0.359 e. The van der Waals surface area contributed by atoms with Crippen molar-refractivity contribution in [2.45, 2.75) is 111 Å². The molecule has 2 N–H and O–H groups in total. The first-order chi connectivity index (χ1) is 12.1. The van der Waals surface area contributed by atoms with E-state index in [0.717, 1.165) is 49.8 Å². The SMILES string of the molecule is CCCCCCCCCCCC[N+](CCCC)(CCCC)CC(=O)O.[OH-]. The van der Waals surface area contributed by atoms with E-state index >= 15 is 0 Å². The van der Waals surface area contributed by atoms with E-state index in [0.29, 0.717) is 6.54 Å². The number of hydrogen-bond acceptors (Lipinski definition) is 2. The Kier molecular flexibility index (Phi) is 20.3. The third-order valence-electron chi connectivity index (χ3n) is 5.43. The maximum atomic E-state index is 11.4. The fourth-order valence-corrected chi connectivity index (χ4v) is 3.78. The summed E-state index contributed by atoms with van der Waals surface area (Å²) in [5.41, 5.74) is 0. The summed E-state index contributed by atoms with van der Waals surface area (Å²) in [5.74, 6) is -0.626. The summed E-state index contributed by atoms with van der Waals surface area (Å²) in [5, 5.41) is 9.39. The minimum absolute atomic E-state index is 0. The van der Waals surface area contributed by atoms with Crippen LogP contribution in [0.25, 0.3) is 0 Å². The molecule has 0 heterocycles. The molecule has 4 nitrogen and oxygen atoms in total. The van der Waals surface area contributed by atoms with Crippen molar-refractivity contribution in [2.75, 3.05) is 26.2 Å². The van der Waals surface area contributed by atoms with Crippen LogP contribution in [-0.2, 0) is 4.79 Å². The number of carboxylic acids is 1. The fraction of sp³-hybridized carbons (Fsp3) is 0.955. The van der Waals surface area contributed by atoms with Crippen LogP contribution in [0.2, 0.25) is 0 Å². The zero-order chi connectivity index (χ0) is 18.8. The minimum Gasteiger partial charge on any atom is -0.870 e. The molecule has 0 aliphatic heterocycles. The first-order valence-corrected chi connectivity index (χ1v) is 11.2. The van der Waals surface area contributed by atoms with Crippen LogP contribution in [0.4, 0.5) is 0 Å². The van der Waals surface area contributed by atoms with Crippen LogP contribution < -0.4 is 0 Å². The topological polar surface area (TPSA) is 67.3 Å². The molecule has 26 heavy (non-hydrogen) atoms. The number of carbonyl (C=O) groups is 1. The van der Waals surface area contributed by atoms with Crippen LogP contribution in [0.5, 0.6) is 0 Å². The van der Waals surface area contributed by atoms with E-state index in [1.165, 1.54) is 64.2 Å². The molecule has 4 heteroatoms. The van der Waals surface area contributed by atoms with Gasteiger partial charge in [0.15, 0.2) is 6.54 Å². The lowest BCUT2D eigenvalue weighted by molar-refractivity contribution is -0.922.